The number of carbonyl (C=O) groups is 1. The van der Waals surface area contributed by atoms with Crippen LogP contribution in [-0.2, 0) is 4.74 Å². The maximum Gasteiger partial charge on any atom is 0.269 e. The second kappa shape index (κ2) is 6.55. The van der Waals surface area contributed by atoms with Crippen LogP contribution in [0.5, 0.6) is 0 Å². The van der Waals surface area contributed by atoms with Crippen LogP contribution < -0.4 is 5.32 Å². The Kier molecular flexibility index (Phi) is 4.52. The van der Waals surface area contributed by atoms with Gasteiger partial charge < -0.3 is 15.2 Å². The molecule has 0 aromatic carbocycles. The summed E-state index contributed by atoms with van der Waals surface area (Å²) in [6.07, 6.45) is 3.18. The summed E-state index contributed by atoms with van der Waals surface area (Å²) in [7, 11) is 0. The van der Waals surface area contributed by atoms with Crippen molar-refractivity contribution < 1.29 is 14.6 Å². The normalized spacial score (nSPS) is 27.9. The van der Waals surface area contributed by atoms with E-state index in [9.17, 15) is 9.90 Å². The minimum absolute atomic E-state index is 0.218. The lowest BCUT2D eigenvalue weighted by atomic mass is 10.00. The first-order valence-corrected chi connectivity index (χ1v) is 7.51. The SMILES string of the molecule is O=C(N[C@@H]1CN(CC2CCOCC2)C[C@H]1O)c1ccn[nH]1. The summed E-state index contributed by atoms with van der Waals surface area (Å²) >= 11 is 0. The number of aromatic nitrogens is 2. The first kappa shape index (κ1) is 14.5. The maximum absolute atomic E-state index is 12.0. The van der Waals surface area contributed by atoms with Gasteiger partial charge in [-0.25, -0.2) is 0 Å². The van der Waals surface area contributed by atoms with Crippen molar-refractivity contribution in [2.45, 2.75) is 25.0 Å². The molecule has 0 radical (unpaired) electrons. The average Bonchev–Trinajstić information content (AvgIpc) is 3.11. The van der Waals surface area contributed by atoms with E-state index in [1.807, 2.05) is 0 Å². The van der Waals surface area contributed by atoms with Crippen LogP contribution in [0.2, 0.25) is 0 Å². The molecule has 2 aliphatic rings. The molecule has 1 amide bonds. The molecule has 2 fully saturated rings. The third-order valence-corrected chi connectivity index (χ3v) is 4.28. The smallest absolute Gasteiger partial charge is 0.269 e. The molecule has 0 spiro atoms. The number of hydrogen-bond donors (Lipinski definition) is 3. The van der Waals surface area contributed by atoms with E-state index >= 15 is 0 Å². The molecule has 0 bridgehead atoms. The number of rotatable bonds is 4. The lowest BCUT2D eigenvalue weighted by molar-refractivity contribution is 0.0538. The van der Waals surface area contributed by atoms with Gasteiger partial charge in [-0.1, -0.05) is 0 Å². The summed E-state index contributed by atoms with van der Waals surface area (Å²) in [4.78, 5) is 14.2. The fourth-order valence-corrected chi connectivity index (χ4v) is 3.08. The molecule has 1 aromatic heterocycles. The van der Waals surface area contributed by atoms with Gasteiger partial charge in [-0.2, -0.15) is 5.10 Å². The van der Waals surface area contributed by atoms with Gasteiger partial charge in [0.2, 0.25) is 0 Å². The molecule has 2 saturated heterocycles. The van der Waals surface area contributed by atoms with Gasteiger partial charge >= 0.3 is 0 Å². The zero-order chi connectivity index (χ0) is 14.7. The predicted molar refractivity (Wildman–Crippen MR) is 75.8 cm³/mol. The van der Waals surface area contributed by atoms with Gasteiger partial charge in [0.15, 0.2) is 0 Å². The Hall–Kier alpha value is -1.44. The van der Waals surface area contributed by atoms with Crippen LogP contribution in [0.15, 0.2) is 12.3 Å². The summed E-state index contributed by atoms with van der Waals surface area (Å²) in [5.74, 6) is 0.414. The van der Waals surface area contributed by atoms with E-state index in [0.29, 0.717) is 24.7 Å². The molecule has 7 nitrogen and oxygen atoms in total. The summed E-state index contributed by atoms with van der Waals surface area (Å²) in [6.45, 7) is 3.95. The summed E-state index contributed by atoms with van der Waals surface area (Å²) in [5, 5.41) is 19.4. The van der Waals surface area contributed by atoms with Gasteiger partial charge in [-0.05, 0) is 24.8 Å². The van der Waals surface area contributed by atoms with Crippen molar-refractivity contribution in [3.05, 3.63) is 18.0 Å². The fraction of sp³-hybridized carbons (Fsp3) is 0.714. The van der Waals surface area contributed by atoms with E-state index in [2.05, 4.69) is 20.4 Å². The van der Waals surface area contributed by atoms with Gasteiger partial charge in [-0.3, -0.25) is 14.8 Å². The van der Waals surface area contributed by atoms with Crippen molar-refractivity contribution in [2.75, 3.05) is 32.8 Å². The van der Waals surface area contributed by atoms with E-state index in [-0.39, 0.29) is 11.9 Å². The van der Waals surface area contributed by atoms with Crippen LogP contribution in [0.3, 0.4) is 0 Å². The van der Waals surface area contributed by atoms with E-state index in [1.54, 1.807) is 6.07 Å². The van der Waals surface area contributed by atoms with E-state index in [4.69, 9.17) is 4.74 Å². The molecule has 0 unspecified atom stereocenters. The molecule has 7 heteroatoms. The molecule has 0 aliphatic carbocycles. The predicted octanol–water partition coefficient (Wildman–Crippen LogP) is -0.389. The third kappa shape index (κ3) is 3.61. The van der Waals surface area contributed by atoms with Crippen LogP contribution in [-0.4, -0.2) is 71.1 Å². The van der Waals surface area contributed by atoms with Crippen LogP contribution in [0.25, 0.3) is 0 Å². The number of nitrogens with one attached hydrogen (secondary N) is 2. The molecule has 3 heterocycles. The highest BCUT2D eigenvalue weighted by Crippen LogP contribution is 2.19. The number of aliphatic hydroxyl groups excluding tert-OH is 1. The van der Waals surface area contributed by atoms with Crippen LogP contribution in [0.1, 0.15) is 23.3 Å². The van der Waals surface area contributed by atoms with Gasteiger partial charge in [0, 0.05) is 39.0 Å². The number of hydrogen-bond acceptors (Lipinski definition) is 5. The van der Waals surface area contributed by atoms with Crippen LogP contribution in [0.4, 0.5) is 0 Å². The Morgan fingerprint density at radius 3 is 3.00 bits per heavy atom. The summed E-state index contributed by atoms with van der Waals surface area (Å²) in [6, 6.07) is 1.40. The fourth-order valence-electron chi connectivity index (χ4n) is 3.08. The van der Waals surface area contributed by atoms with Crippen molar-refractivity contribution in [1.29, 1.82) is 0 Å². The van der Waals surface area contributed by atoms with E-state index in [1.165, 1.54) is 6.20 Å². The topological polar surface area (TPSA) is 90.5 Å². The number of β-amino-alcohol motifs (C(OH)–C–C–N with tert-alkyl or cyclic N) is 1. The molecule has 21 heavy (non-hydrogen) atoms. The Labute approximate surface area is 123 Å². The number of amides is 1. The molecular weight excluding hydrogens is 272 g/mol. The van der Waals surface area contributed by atoms with Crippen molar-refractivity contribution in [2.24, 2.45) is 5.92 Å². The highest BCUT2D eigenvalue weighted by atomic mass is 16.5. The van der Waals surface area contributed by atoms with Gasteiger partial charge in [0.25, 0.3) is 5.91 Å². The van der Waals surface area contributed by atoms with Crippen molar-refractivity contribution in [1.82, 2.24) is 20.4 Å². The summed E-state index contributed by atoms with van der Waals surface area (Å²) in [5.41, 5.74) is 0.421. The lowest BCUT2D eigenvalue weighted by Gasteiger charge is -2.26. The monoisotopic (exact) mass is 294 g/mol. The zero-order valence-electron chi connectivity index (χ0n) is 12.0. The van der Waals surface area contributed by atoms with E-state index in [0.717, 1.165) is 32.6 Å². The Bertz CT molecular complexity index is 459. The molecule has 2 aliphatic heterocycles. The number of aliphatic hydroxyl groups is 1. The van der Waals surface area contributed by atoms with Gasteiger partial charge in [-0.15, -0.1) is 0 Å². The molecule has 0 saturated carbocycles. The Morgan fingerprint density at radius 1 is 1.48 bits per heavy atom. The van der Waals surface area contributed by atoms with Crippen molar-refractivity contribution in [3.8, 4) is 0 Å². The first-order chi connectivity index (χ1) is 10.2. The number of H-pyrrole nitrogens is 1. The number of nitrogens with zero attached hydrogens (tertiary/aromatic N) is 2. The Balaban J connectivity index is 1.50. The second-order valence-electron chi connectivity index (χ2n) is 5.89. The quantitative estimate of drug-likeness (QED) is 0.704. The molecule has 3 N–H and O–H groups in total. The molecule has 2 atom stereocenters. The minimum atomic E-state index is -0.517. The van der Waals surface area contributed by atoms with E-state index < -0.39 is 6.10 Å². The number of carbonyl (C=O) groups excluding carboxylic acids is 1. The molecule has 116 valence electrons. The third-order valence-electron chi connectivity index (χ3n) is 4.28. The largest absolute Gasteiger partial charge is 0.390 e. The molecule has 3 rings (SSSR count). The zero-order valence-corrected chi connectivity index (χ0v) is 12.0. The highest BCUT2D eigenvalue weighted by molar-refractivity contribution is 5.92. The number of ether oxygens (including phenoxy) is 1. The molecule has 1 aromatic rings. The van der Waals surface area contributed by atoms with Gasteiger partial charge in [0.1, 0.15) is 5.69 Å². The Morgan fingerprint density at radius 2 is 2.29 bits per heavy atom. The second-order valence-corrected chi connectivity index (χ2v) is 5.89. The average molecular weight is 294 g/mol. The van der Waals surface area contributed by atoms with Crippen molar-refractivity contribution >= 4 is 5.91 Å². The van der Waals surface area contributed by atoms with Crippen LogP contribution >= 0.6 is 0 Å². The first-order valence-electron chi connectivity index (χ1n) is 7.51. The maximum atomic E-state index is 12.0. The van der Waals surface area contributed by atoms with Crippen LogP contribution in [0, 0.1) is 5.92 Å². The number of aromatic amines is 1. The van der Waals surface area contributed by atoms with Gasteiger partial charge in [0.05, 0.1) is 12.1 Å². The molecular formula is C14H22N4O3. The van der Waals surface area contributed by atoms with Crippen molar-refractivity contribution in [3.63, 3.8) is 0 Å². The highest BCUT2D eigenvalue weighted by Gasteiger charge is 2.33. The minimum Gasteiger partial charge on any atom is -0.390 e. The lowest BCUT2D eigenvalue weighted by Crippen LogP contribution is -2.43. The number of likely N-dealkylation sites (tertiary alicyclic amines) is 1. The summed E-state index contributed by atoms with van der Waals surface area (Å²) < 4.78 is 5.37. The standard InChI is InChI=1S/C14H22N4O3/c19-13-9-18(7-10-2-5-21-6-3-10)8-12(13)16-14(20)11-1-4-15-17-11/h1,4,10,12-13,19H,2-3,5-9H2,(H,15,17)(H,16,20)/t12-,13-/m1/s1.